The molecule has 11 aromatic rings. The molecule has 458 valence electrons. The zero-order chi connectivity index (χ0) is 64.7. The molecule has 0 aromatic heterocycles. The second-order valence-corrected chi connectivity index (χ2v) is 24.7. The van der Waals surface area contributed by atoms with Crippen LogP contribution in [0.5, 0.6) is 0 Å². The van der Waals surface area contributed by atoms with Crippen molar-refractivity contribution < 1.29 is 0 Å². The van der Waals surface area contributed by atoms with E-state index in [1.807, 2.05) is 6.08 Å². The maximum absolute atomic E-state index is 4.35. The van der Waals surface area contributed by atoms with Gasteiger partial charge in [0, 0.05) is 34.1 Å². The van der Waals surface area contributed by atoms with Gasteiger partial charge in [-0.15, -0.1) is 6.58 Å². The smallest absolute Gasteiger partial charge is 0.0520 e. The van der Waals surface area contributed by atoms with Crippen molar-refractivity contribution in [2.75, 3.05) is 9.80 Å². The Hall–Kier alpha value is -10.8. The van der Waals surface area contributed by atoms with E-state index < -0.39 is 5.41 Å². The van der Waals surface area contributed by atoms with Crippen molar-refractivity contribution in [3.8, 4) is 0 Å². The number of hydrogen-bond donors (Lipinski definition) is 0. The fourth-order valence-electron chi connectivity index (χ4n) is 12.8. The Balaban J connectivity index is 0.777. The third-order valence-electron chi connectivity index (χ3n) is 17.7. The molecule has 11 rings (SSSR count). The highest BCUT2D eigenvalue weighted by Gasteiger charge is 2.23. The first-order chi connectivity index (χ1) is 45.3. The molecular weight excluding hydrogens is 1120 g/mol. The molecule has 0 bridgehead atoms. The Labute approximate surface area is 554 Å². The molecule has 0 aliphatic heterocycles. The van der Waals surface area contributed by atoms with Gasteiger partial charge in [-0.25, -0.2) is 0 Å². The summed E-state index contributed by atoms with van der Waals surface area (Å²) >= 11 is 0. The normalized spacial score (nSPS) is 12.5. The molecular formula is C91H84N2. The molecule has 0 saturated heterocycles. The summed E-state index contributed by atoms with van der Waals surface area (Å²) in [6.45, 7) is 22.1. The van der Waals surface area contributed by atoms with Crippen LogP contribution in [0.1, 0.15) is 115 Å². The van der Waals surface area contributed by atoms with E-state index in [0.717, 1.165) is 51.4 Å². The van der Waals surface area contributed by atoms with Gasteiger partial charge in [-0.3, -0.25) is 0 Å². The number of rotatable bonds is 22. The lowest BCUT2D eigenvalue weighted by Gasteiger charge is -2.30. The van der Waals surface area contributed by atoms with E-state index in [-0.39, 0.29) is 5.92 Å². The number of benzene rings is 11. The minimum absolute atomic E-state index is 0.272. The predicted octanol–water partition coefficient (Wildman–Crippen LogP) is 25.1. The number of aryl methyl sites for hydroxylation is 6. The minimum atomic E-state index is -0.409. The number of nitrogens with zero attached hydrogens (tertiary/aromatic N) is 2. The van der Waals surface area contributed by atoms with Crippen LogP contribution >= 0.6 is 0 Å². The van der Waals surface area contributed by atoms with E-state index >= 15 is 0 Å². The molecule has 2 unspecified atom stereocenters. The molecule has 2 nitrogen and oxygen atoms in total. The predicted molar refractivity (Wildman–Crippen MR) is 404 cm³/mol. The van der Waals surface area contributed by atoms with Gasteiger partial charge in [-0.1, -0.05) is 303 Å². The molecule has 0 radical (unpaired) electrons. The van der Waals surface area contributed by atoms with Gasteiger partial charge in [0.1, 0.15) is 0 Å². The first-order valence-electron chi connectivity index (χ1n) is 32.6. The fourth-order valence-corrected chi connectivity index (χ4v) is 12.8. The van der Waals surface area contributed by atoms with Gasteiger partial charge < -0.3 is 9.80 Å². The maximum Gasteiger partial charge on any atom is 0.0520 e. The van der Waals surface area contributed by atoms with Crippen molar-refractivity contribution in [3.05, 3.63) is 405 Å². The van der Waals surface area contributed by atoms with Gasteiger partial charge in [0.2, 0.25) is 0 Å². The summed E-state index contributed by atoms with van der Waals surface area (Å²) in [5.41, 5.74) is 28.1. The summed E-state index contributed by atoms with van der Waals surface area (Å²) in [7, 11) is 0. The van der Waals surface area contributed by atoms with Crippen molar-refractivity contribution >= 4 is 69.6 Å². The average molecular weight is 1210 g/mol. The Morgan fingerprint density at radius 3 is 1.08 bits per heavy atom. The second-order valence-electron chi connectivity index (χ2n) is 24.7. The van der Waals surface area contributed by atoms with Crippen molar-refractivity contribution in [2.24, 2.45) is 0 Å². The van der Waals surface area contributed by atoms with Gasteiger partial charge in [0.05, 0.1) is 11.4 Å². The summed E-state index contributed by atoms with van der Waals surface area (Å²) in [6.07, 6.45) is 25.3. The Morgan fingerprint density at radius 1 is 0.387 bits per heavy atom. The van der Waals surface area contributed by atoms with Crippen LogP contribution in [0.15, 0.2) is 316 Å². The zero-order valence-corrected chi connectivity index (χ0v) is 55.1. The van der Waals surface area contributed by atoms with Crippen molar-refractivity contribution in [1.82, 2.24) is 0 Å². The molecule has 2 atom stereocenters. The van der Waals surface area contributed by atoms with Crippen molar-refractivity contribution in [1.29, 1.82) is 0 Å². The molecule has 11 aromatic carbocycles. The largest absolute Gasteiger partial charge is 0.310 e. The highest BCUT2D eigenvalue weighted by atomic mass is 15.2. The molecule has 93 heavy (non-hydrogen) atoms. The first-order valence-corrected chi connectivity index (χ1v) is 32.6. The Morgan fingerprint density at radius 2 is 0.710 bits per heavy atom. The molecule has 0 aliphatic rings. The standard InChI is InChI=1S/C91H84N2/c1-10-76(35-25-37-88(80-31-20-14-21-32-80)81-33-22-15-23-34-81)77-48-56-85(57-49-77)92(89-68(5)62-66(3)63-69(89)6)84-54-46-74(47-55-84)39-38-73-40-42-75(43-41-73)60-61-91(9,11-2)82-50-58-86(59-51-82)93(90-70(7)64-67(4)65-71(90)8)83-52-44-72(45-53-83)26-24-36-87(78-27-16-12-17-28-78)79-29-18-13-19-30-79/h11-65,76H,2,10H2,1,3-9H3/b26-24+,35-25-,39-38+,61-60+. The van der Waals surface area contributed by atoms with Crippen LogP contribution in [0.2, 0.25) is 0 Å². The van der Waals surface area contributed by atoms with Crippen molar-refractivity contribution in [3.63, 3.8) is 0 Å². The molecule has 0 saturated carbocycles. The molecule has 0 amide bonds. The SMILES string of the molecule is C=CC(C)(/C=C/c1ccc(/C=C/c2ccc(N(c3ccc(C(/C=C\C=C(c4ccccc4)c4ccccc4)CC)cc3)c3c(C)cc(C)cc3C)cc2)cc1)c1ccc(N(c2ccc(/C=C/C=C(c3ccccc3)c3ccccc3)cc2)c2c(C)cc(C)cc2C)cc1. The Kier molecular flexibility index (Phi) is 20.5. The molecule has 0 aliphatic carbocycles. The molecule has 0 fully saturated rings. The Bertz CT molecular complexity index is 4360. The number of anilines is 6. The third kappa shape index (κ3) is 15.5. The fraction of sp³-hybridized carbons (Fsp3) is 0.121. The first kappa shape index (κ1) is 63.8. The minimum Gasteiger partial charge on any atom is -0.310 e. The van der Waals surface area contributed by atoms with Gasteiger partial charge >= 0.3 is 0 Å². The number of hydrogen-bond acceptors (Lipinski definition) is 2. The van der Waals surface area contributed by atoms with Crippen molar-refractivity contribution in [2.45, 2.75) is 73.1 Å². The molecule has 0 spiro atoms. The summed E-state index contributed by atoms with van der Waals surface area (Å²) in [5.74, 6) is 0.272. The van der Waals surface area contributed by atoms with Gasteiger partial charge in [0.25, 0.3) is 0 Å². The van der Waals surface area contributed by atoms with E-state index in [1.54, 1.807) is 0 Å². The maximum atomic E-state index is 4.35. The summed E-state index contributed by atoms with van der Waals surface area (Å²) < 4.78 is 0. The summed E-state index contributed by atoms with van der Waals surface area (Å²) in [5, 5.41) is 0. The summed E-state index contributed by atoms with van der Waals surface area (Å²) in [6, 6.07) is 96.5. The average Bonchev–Trinajstić information content (AvgIpc) is 0.948. The van der Waals surface area contributed by atoms with E-state index in [4.69, 9.17) is 0 Å². The van der Waals surface area contributed by atoms with E-state index in [9.17, 15) is 0 Å². The van der Waals surface area contributed by atoms with Crippen LogP contribution in [0.25, 0.3) is 35.5 Å². The van der Waals surface area contributed by atoms with Crippen LogP contribution in [0.3, 0.4) is 0 Å². The lowest BCUT2D eigenvalue weighted by atomic mass is 9.81. The highest BCUT2D eigenvalue weighted by molar-refractivity contribution is 5.85. The van der Waals surface area contributed by atoms with Crippen LogP contribution in [0.4, 0.5) is 34.1 Å². The molecule has 0 N–H and O–H groups in total. The monoisotopic (exact) mass is 1200 g/mol. The van der Waals surface area contributed by atoms with Crippen LogP contribution < -0.4 is 9.80 Å². The van der Waals surface area contributed by atoms with Crippen LogP contribution in [0, 0.1) is 41.5 Å². The van der Waals surface area contributed by atoms with Crippen LogP contribution in [-0.2, 0) is 5.41 Å². The summed E-state index contributed by atoms with van der Waals surface area (Å²) in [4.78, 5) is 4.81. The molecule has 2 heteroatoms. The third-order valence-corrected chi connectivity index (χ3v) is 17.7. The molecule has 0 heterocycles. The lowest BCUT2D eigenvalue weighted by Crippen LogP contribution is -2.16. The highest BCUT2D eigenvalue weighted by Crippen LogP contribution is 2.43. The van der Waals surface area contributed by atoms with E-state index in [1.165, 1.54) is 89.3 Å². The quantitative estimate of drug-likeness (QED) is 0.0379. The van der Waals surface area contributed by atoms with Gasteiger partial charge in [-0.05, 0) is 192 Å². The topological polar surface area (TPSA) is 6.48 Å². The zero-order valence-electron chi connectivity index (χ0n) is 55.1. The van der Waals surface area contributed by atoms with Gasteiger partial charge in [0.15, 0.2) is 0 Å². The van der Waals surface area contributed by atoms with E-state index in [2.05, 4.69) is 399 Å². The lowest BCUT2D eigenvalue weighted by molar-refractivity contribution is 0.764. The second kappa shape index (κ2) is 29.9. The van der Waals surface area contributed by atoms with E-state index in [0.29, 0.717) is 0 Å². The number of allylic oxidation sites excluding steroid dienone is 7. The van der Waals surface area contributed by atoms with Gasteiger partial charge in [-0.2, -0.15) is 0 Å². The van der Waals surface area contributed by atoms with Crippen LogP contribution in [-0.4, -0.2) is 0 Å².